The third kappa shape index (κ3) is 5.03. The Morgan fingerprint density at radius 1 is 0.500 bits per heavy atom. The van der Waals surface area contributed by atoms with E-state index in [9.17, 15) is 0 Å². The first-order valence-corrected chi connectivity index (χ1v) is 21.0. The molecule has 0 saturated heterocycles. The molecule has 0 radical (unpaired) electrons. The lowest BCUT2D eigenvalue weighted by Gasteiger charge is -2.31. The Hall–Kier alpha value is -6.68. The number of nitrogens with zero attached hydrogens (tertiary/aromatic N) is 2. The first-order chi connectivity index (χ1) is 28.5. The molecule has 2 nitrogen and oxygen atoms in total. The minimum absolute atomic E-state index is 0.0246. The second-order valence-corrected chi connectivity index (χ2v) is 17.6. The Balaban J connectivity index is 0.831. The van der Waals surface area contributed by atoms with Gasteiger partial charge < -0.3 is 0 Å². The number of hydrogen-bond donors (Lipinski definition) is 0. The number of benzene rings is 8. The van der Waals surface area contributed by atoms with E-state index in [1.807, 2.05) is 11.3 Å². The molecule has 58 heavy (non-hydrogen) atoms. The summed E-state index contributed by atoms with van der Waals surface area (Å²) in [5.41, 5.74) is 14.9. The number of allylic oxidation sites excluding steroid dienone is 4. The maximum Gasteiger partial charge on any atom is 0.0971 e. The molecule has 12 rings (SSSR count). The number of hydrogen-bond acceptors (Lipinski definition) is 3. The molecule has 3 heteroatoms. The zero-order chi connectivity index (χ0) is 38.5. The first-order valence-electron chi connectivity index (χ1n) is 20.2. The number of aromatic nitrogens is 2. The highest BCUT2D eigenvalue weighted by atomic mass is 32.1. The van der Waals surface area contributed by atoms with Crippen LogP contribution in [0, 0.1) is 5.92 Å². The Bertz CT molecular complexity index is 3330. The van der Waals surface area contributed by atoms with Crippen LogP contribution in [0.15, 0.2) is 182 Å². The minimum Gasteiger partial charge on any atom is -0.252 e. The van der Waals surface area contributed by atoms with Crippen molar-refractivity contribution in [3.8, 4) is 33.4 Å². The van der Waals surface area contributed by atoms with Gasteiger partial charge >= 0.3 is 0 Å². The van der Waals surface area contributed by atoms with Crippen molar-refractivity contribution in [3.05, 3.63) is 199 Å². The van der Waals surface area contributed by atoms with Gasteiger partial charge in [0, 0.05) is 49.3 Å². The maximum absolute atomic E-state index is 4.77. The van der Waals surface area contributed by atoms with Crippen molar-refractivity contribution >= 4 is 69.7 Å². The molecule has 2 unspecified atom stereocenters. The molecule has 0 bridgehead atoms. The fraction of sp³-hybridized carbons (Fsp3) is 0.0909. The van der Waals surface area contributed by atoms with Gasteiger partial charge in [0.2, 0.25) is 0 Å². The van der Waals surface area contributed by atoms with Gasteiger partial charge in [-0.05, 0) is 89.9 Å². The summed E-state index contributed by atoms with van der Waals surface area (Å²) < 4.78 is 2.69. The van der Waals surface area contributed by atoms with Gasteiger partial charge in [0.1, 0.15) is 0 Å². The summed E-state index contributed by atoms with van der Waals surface area (Å²) in [5.74, 6) is 0.725. The van der Waals surface area contributed by atoms with Crippen LogP contribution in [0.5, 0.6) is 0 Å². The smallest absolute Gasteiger partial charge is 0.0971 e. The van der Waals surface area contributed by atoms with Crippen LogP contribution in [0.1, 0.15) is 36.5 Å². The zero-order valence-corrected chi connectivity index (χ0v) is 33.1. The summed E-state index contributed by atoms with van der Waals surface area (Å²) >= 11 is 1.89. The van der Waals surface area contributed by atoms with E-state index in [0.717, 1.165) is 21.8 Å². The van der Waals surface area contributed by atoms with Crippen LogP contribution in [0.2, 0.25) is 0 Å². The van der Waals surface area contributed by atoms with Gasteiger partial charge in [-0.15, -0.1) is 11.3 Å². The third-order valence-corrected chi connectivity index (χ3v) is 14.3. The molecule has 274 valence electrons. The molecular weight excluding hydrogens is 721 g/mol. The molecule has 2 aromatic heterocycles. The van der Waals surface area contributed by atoms with Crippen LogP contribution in [0.4, 0.5) is 0 Å². The van der Waals surface area contributed by atoms with Gasteiger partial charge in [-0.25, -0.2) is 0 Å². The van der Waals surface area contributed by atoms with Crippen molar-refractivity contribution in [1.82, 2.24) is 9.97 Å². The summed E-state index contributed by atoms with van der Waals surface area (Å²) in [7, 11) is 0. The minimum atomic E-state index is -0.0246. The summed E-state index contributed by atoms with van der Waals surface area (Å²) in [6.45, 7) is 4.86. The Morgan fingerprint density at radius 3 is 1.86 bits per heavy atom. The number of fused-ring (bicyclic) bond motifs is 12. The van der Waals surface area contributed by atoms with Crippen LogP contribution in [-0.2, 0) is 5.41 Å². The van der Waals surface area contributed by atoms with Gasteiger partial charge in [-0.1, -0.05) is 172 Å². The van der Waals surface area contributed by atoms with Gasteiger partial charge in [0.15, 0.2) is 0 Å². The Morgan fingerprint density at radius 2 is 1.10 bits per heavy atom. The van der Waals surface area contributed by atoms with Gasteiger partial charge in [0.25, 0.3) is 0 Å². The average molecular weight is 759 g/mol. The highest BCUT2D eigenvalue weighted by Crippen LogP contribution is 2.55. The van der Waals surface area contributed by atoms with Crippen molar-refractivity contribution < 1.29 is 0 Å². The van der Waals surface area contributed by atoms with Crippen LogP contribution in [-0.4, -0.2) is 9.97 Å². The van der Waals surface area contributed by atoms with E-state index in [1.165, 1.54) is 86.6 Å². The molecule has 0 saturated carbocycles. The largest absolute Gasteiger partial charge is 0.252 e. The number of thiophene rings is 1. The first kappa shape index (κ1) is 33.5. The molecule has 8 aromatic carbocycles. The predicted octanol–water partition coefficient (Wildman–Crippen LogP) is 14.9. The van der Waals surface area contributed by atoms with Crippen LogP contribution in [0.3, 0.4) is 0 Å². The molecule has 0 spiro atoms. The monoisotopic (exact) mass is 758 g/mol. The van der Waals surface area contributed by atoms with Crippen molar-refractivity contribution in [1.29, 1.82) is 0 Å². The average Bonchev–Trinajstić information content (AvgIpc) is 3.78. The van der Waals surface area contributed by atoms with Crippen LogP contribution >= 0.6 is 11.3 Å². The van der Waals surface area contributed by atoms with Gasteiger partial charge in [0.05, 0.1) is 11.0 Å². The topological polar surface area (TPSA) is 25.8 Å². The SMILES string of the molecule is CC1(C)c2cc(-c3ccc(-c4ccc(-c5cccc6c5sc5ccccc56)cc4)cc3)ccc2C2C=CC(c3ccc4c(c3)c3ccccc3c3nccnc43)=CC21. The van der Waals surface area contributed by atoms with Crippen LogP contribution < -0.4 is 0 Å². The predicted molar refractivity (Wildman–Crippen MR) is 247 cm³/mol. The van der Waals surface area contributed by atoms with Crippen LogP contribution in [0.25, 0.3) is 91.7 Å². The van der Waals surface area contributed by atoms with E-state index >= 15 is 0 Å². The lowest BCUT2D eigenvalue weighted by atomic mass is 9.72. The lowest BCUT2D eigenvalue weighted by Crippen LogP contribution is -2.25. The fourth-order valence-electron chi connectivity index (χ4n) is 10.1. The van der Waals surface area contributed by atoms with Crippen molar-refractivity contribution in [2.24, 2.45) is 5.92 Å². The summed E-state index contributed by atoms with van der Waals surface area (Å²) in [6.07, 6.45) is 10.9. The second-order valence-electron chi connectivity index (χ2n) is 16.6. The lowest BCUT2D eigenvalue weighted by molar-refractivity contribution is 0.395. The summed E-state index contributed by atoms with van der Waals surface area (Å²) in [6, 6.07) is 56.2. The fourth-order valence-corrected chi connectivity index (χ4v) is 11.3. The zero-order valence-electron chi connectivity index (χ0n) is 32.3. The molecular formula is C55H38N2S. The van der Waals surface area contributed by atoms with E-state index < -0.39 is 0 Å². The van der Waals surface area contributed by atoms with Crippen molar-refractivity contribution in [3.63, 3.8) is 0 Å². The van der Waals surface area contributed by atoms with E-state index in [2.05, 4.69) is 184 Å². The van der Waals surface area contributed by atoms with E-state index in [0.29, 0.717) is 11.8 Å². The van der Waals surface area contributed by atoms with Crippen molar-refractivity contribution in [2.45, 2.75) is 25.2 Å². The molecule has 10 aromatic rings. The molecule has 2 heterocycles. The molecule has 0 N–H and O–H groups in total. The molecule has 2 aliphatic carbocycles. The normalized spacial score (nSPS) is 17.0. The van der Waals surface area contributed by atoms with E-state index in [4.69, 9.17) is 9.97 Å². The van der Waals surface area contributed by atoms with Gasteiger partial charge in [-0.3, -0.25) is 9.97 Å². The highest BCUT2D eigenvalue weighted by Gasteiger charge is 2.45. The van der Waals surface area contributed by atoms with E-state index in [1.54, 1.807) is 12.4 Å². The summed E-state index contributed by atoms with van der Waals surface area (Å²) in [5, 5.41) is 7.41. The standard InChI is InChI=1S/C55H38N2S/c1-55(2)49-31-38(35-16-14-33(15-17-35)34-18-20-36(21-19-34)40-11-7-12-47-44-9-5-6-13-51(44)58-54(40)47)22-25-42(49)43-26-23-39(32-50(43)55)37-24-27-46-48(30-37)41-8-3-4-10-45(41)52-53(46)57-29-28-56-52/h3-32,43,50H,1-2H3. The van der Waals surface area contributed by atoms with Gasteiger partial charge in [-0.2, -0.15) is 0 Å². The maximum atomic E-state index is 4.77. The quantitative estimate of drug-likeness (QED) is 0.167. The highest BCUT2D eigenvalue weighted by molar-refractivity contribution is 7.26. The molecule has 0 amide bonds. The molecule has 2 atom stereocenters. The van der Waals surface area contributed by atoms with Crippen molar-refractivity contribution in [2.75, 3.05) is 0 Å². The number of rotatable bonds is 4. The Labute approximate surface area is 341 Å². The summed E-state index contributed by atoms with van der Waals surface area (Å²) in [4.78, 5) is 9.49. The third-order valence-electron chi connectivity index (χ3n) is 13.1. The molecule has 0 fully saturated rings. The molecule has 0 aliphatic heterocycles. The molecule has 2 aliphatic rings. The Kier molecular flexibility index (Phi) is 7.30. The second kappa shape index (κ2) is 12.7. The van der Waals surface area contributed by atoms with E-state index in [-0.39, 0.29) is 5.41 Å².